The molecule has 0 aliphatic rings. The lowest BCUT2D eigenvalue weighted by atomic mass is 10.1. The Morgan fingerprint density at radius 1 is 1.32 bits per heavy atom. The average Bonchev–Trinajstić information content (AvgIpc) is 3.20. The Morgan fingerprint density at radius 3 is 2.68 bits per heavy atom. The van der Waals surface area contributed by atoms with Gasteiger partial charge in [-0.05, 0) is 39.0 Å². The van der Waals surface area contributed by atoms with E-state index < -0.39 is 0 Å². The van der Waals surface area contributed by atoms with Crippen LogP contribution in [0.25, 0.3) is 11.3 Å². The number of nitrogens with zero attached hydrogens (tertiary/aromatic N) is 3. The number of amides is 1. The molecule has 3 aromatic rings. The summed E-state index contributed by atoms with van der Waals surface area (Å²) < 4.78 is 0. The van der Waals surface area contributed by atoms with Crippen LogP contribution in [0.5, 0.6) is 5.75 Å². The number of benzene rings is 1. The van der Waals surface area contributed by atoms with Crippen molar-refractivity contribution in [3.8, 4) is 17.0 Å². The van der Waals surface area contributed by atoms with Gasteiger partial charge in [-0.15, -0.1) is 11.3 Å². The van der Waals surface area contributed by atoms with Gasteiger partial charge in [0, 0.05) is 17.5 Å². The van der Waals surface area contributed by atoms with E-state index in [1.165, 1.54) is 0 Å². The van der Waals surface area contributed by atoms with Gasteiger partial charge in [-0.3, -0.25) is 9.89 Å². The van der Waals surface area contributed by atoms with E-state index in [1.54, 1.807) is 47.5 Å². The zero-order chi connectivity index (χ0) is 18.1. The third-order valence-electron chi connectivity index (χ3n) is 4.22. The highest BCUT2D eigenvalue weighted by Gasteiger charge is 2.24. The monoisotopic (exact) mass is 356 g/mol. The normalized spacial score (nSPS) is 12.2. The minimum absolute atomic E-state index is 0.128. The number of phenolic OH excluding ortho intramolecular Hbond substituents is 1. The van der Waals surface area contributed by atoms with Crippen molar-refractivity contribution in [1.82, 2.24) is 20.1 Å². The Labute approximate surface area is 150 Å². The predicted molar refractivity (Wildman–Crippen MR) is 97.8 cm³/mol. The molecule has 0 aliphatic carbocycles. The van der Waals surface area contributed by atoms with Gasteiger partial charge in [-0.1, -0.05) is 12.1 Å². The maximum absolute atomic E-state index is 12.8. The molecule has 6 nitrogen and oxygen atoms in total. The molecule has 1 unspecified atom stereocenters. The van der Waals surface area contributed by atoms with Gasteiger partial charge in [0.05, 0.1) is 22.4 Å². The van der Waals surface area contributed by atoms with Crippen LogP contribution < -0.4 is 0 Å². The minimum Gasteiger partial charge on any atom is -0.507 e. The van der Waals surface area contributed by atoms with Gasteiger partial charge in [0.2, 0.25) is 0 Å². The predicted octanol–water partition coefficient (Wildman–Crippen LogP) is 3.69. The lowest BCUT2D eigenvalue weighted by Gasteiger charge is -2.23. The third kappa shape index (κ3) is 3.28. The van der Waals surface area contributed by atoms with E-state index in [-0.39, 0.29) is 17.7 Å². The number of aromatic hydroxyl groups is 1. The molecule has 2 heterocycles. The lowest BCUT2D eigenvalue weighted by molar-refractivity contribution is 0.0734. The summed E-state index contributed by atoms with van der Waals surface area (Å²) in [6.45, 7) is 5.93. The van der Waals surface area contributed by atoms with Crippen molar-refractivity contribution < 1.29 is 9.90 Å². The van der Waals surface area contributed by atoms with Crippen LogP contribution in [-0.4, -0.2) is 38.1 Å². The first-order valence-electron chi connectivity index (χ1n) is 7.93. The van der Waals surface area contributed by atoms with Crippen LogP contribution in [-0.2, 0) is 0 Å². The van der Waals surface area contributed by atoms with Crippen molar-refractivity contribution >= 4 is 17.2 Å². The summed E-state index contributed by atoms with van der Waals surface area (Å²) >= 11 is 1.63. The molecule has 0 spiro atoms. The minimum atomic E-state index is -0.174. The van der Waals surface area contributed by atoms with Crippen molar-refractivity contribution in [2.75, 3.05) is 7.05 Å². The maximum Gasteiger partial charge on any atom is 0.272 e. The van der Waals surface area contributed by atoms with Crippen LogP contribution in [0.4, 0.5) is 0 Å². The smallest absolute Gasteiger partial charge is 0.272 e. The second kappa shape index (κ2) is 6.68. The highest BCUT2D eigenvalue weighted by Crippen LogP contribution is 2.29. The fraction of sp³-hybridized carbons (Fsp3) is 0.278. The molecule has 0 fully saturated rings. The summed E-state index contributed by atoms with van der Waals surface area (Å²) in [6, 6.07) is 8.41. The number of para-hydroxylation sites is 1. The quantitative estimate of drug-likeness (QED) is 0.747. The summed E-state index contributed by atoms with van der Waals surface area (Å²) in [6.07, 6.45) is 0. The molecule has 1 amide bonds. The molecule has 2 N–H and O–H groups in total. The molecule has 7 heteroatoms. The molecule has 0 bridgehead atoms. The van der Waals surface area contributed by atoms with Crippen LogP contribution in [0.3, 0.4) is 0 Å². The van der Waals surface area contributed by atoms with Crippen molar-refractivity contribution in [3.63, 3.8) is 0 Å². The number of aromatic nitrogens is 3. The number of aromatic amines is 1. The first kappa shape index (κ1) is 17.2. The average molecular weight is 356 g/mol. The molecule has 0 aliphatic heterocycles. The Morgan fingerprint density at radius 2 is 2.04 bits per heavy atom. The fourth-order valence-electron chi connectivity index (χ4n) is 2.74. The standard InChI is InChI=1S/C18H20N4O2S/c1-10(17-11(2)25-12(3)19-17)22(4)18(24)15-9-14(20-21-15)13-7-5-6-8-16(13)23/h5-10,23H,1-4H3,(H,20,21). The van der Waals surface area contributed by atoms with Gasteiger partial charge in [-0.2, -0.15) is 5.10 Å². The Bertz CT molecular complexity index is 915. The van der Waals surface area contributed by atoms with Gasteiger partial charge in [0.15, 0.2) is 0 Å². The summed E-state index contributed by atoms with van der Waals surface area (Å²) in [7, 11) is 1.75. The van der Waals surface area contributed by atoms with Crippen molar-refractivity contribution in [3.05, 3.63) is 51.6 Å². The number of hydrogen-bond donors (Lipinski definition) is 2. The molecule has 0 radical (unpaired) electrons. The number of carbonyl (C=O) groups is 1. The number of thiazole rings is 1. The van der Waals surface area contributed by atoms with E-state index >= 15 is 0 Å². The molecule has 1 atom stereocenters. The fourth-order valence-corrected chi connectivity index (χ4v) is 3.65. The molecule has 130 valence electrons. The van der Waals surface area contributed by atoms with Gasteiger partial charge in [0.1, 0.15) is 11.4 Å². The van der Waals surface area contributed by atoms with E-state index in [9.17, 15) is 9.90 Å². The summed E-state index contributed by atoms with van der Waals surface area (Å²) in [5.74, 6) is -0.0463. The van der Waals surface area contributed by atoms with E-state index in [1.807, 2.05) is 26.8 Å². The van der Waals surface area contributed by atoms with Gasteiger partial charge < -0.3 is 10.0 Å². The summed E-state index contributed by atoms with van der Waals surface area (Å²) in [5, 5.41) is 17.9. The first-order chi connectivity index (χ1) is 11.9. The van der Waals surface area contributed by atoms with Crippen LogP contribution >= 0.6 is 11.3 Å². The van der Waals surface area contributed by atoms with Crippen molar-refractivity contribution in [2.45, 2.75) is 26.8 Å². The van der Waals surface area contributed by atoms with Crippen LogP contribution in [0.1, 0.15) is 39.0 Å². The van der Waals surface area contributed by atoms with E-state index in [4.69, 9.17) is 0 Å². The molecule has 0 saturated heterocycles. The summed E-state index contributed by atoms with van der Waals surface area (Å²) in [4.78, 5) is 20.1. The molecule has 0 saturated carbocycles. The second-order valence-corrected chi connectivity index (χ2v) is 7.36. The Kier molecular flexibility index (Phi) is 4.59. The number of carbonyl (C=O) groups excluding carboxylic acids is 1. The molecule has 25 heavy (non-hydrogen) atoms. The number of rotatable bonds is 4. The largest absolute Gasteiger partial charge is 0.507 e. The number of nitrogens with one attached hydrogen (secondary N) is 1. The highest BCUT2D eigenvalue weighted by atomic mass is 32.1. The SMILES string of the molecule is Cc1nc(C(C)N(C)C(=O)c2cc(-c3ccccc3O)n[nH]2)c(C)s1. The van der Waals surface area contributed by atoms with E-state index in [0.29, 0.717) is 17.0 Å². The zero-order valence-electron chi connectivity index (χ0n) is 14.6. The van der Waals surface area contributed by atoms with Crippen LogP contribution in [0.2, 0.25) is 0 Å². The van der Waals surface area contributed by atoms with Crippen molar-refractivity contribution in [2.24, 2.45) is 0 Å². The number of H-pyrrole nitrogens is 1. The van der Waals surface area contributed by atoms with Crippen LogP contribution in [0.15, 0.2) is 30.3 Å². The Hall–Kier alpha value is -2.67. The topological polar surface area (TPSA) is 82.1 Å². The maximum atomic E-state index is 12.8. The molecule has 3 rings (SSSR count). The van der Waals surface area contributed by atoms with Gasteiger partial charge in [-0.25, -0.2) is 4.98 Å². The molecule has 2 aromatic heterocycles. The van der Waals surface area contributed by atoms with Crippen LogP contribution in [0, 0.1) is 13.8 Å². The van der Waals surface area contributed by atoms with Gasteiger partial charge >= 0.3 is 0 Å². The van der Waals surface area contributed by atoms with E-state index in [0.717, 1.165) is 15.6 Å². The Balaban J connectivity index is 1.84. The zero-order valence-corrected chi connectivity index (χ0v) is 15.4. The number of hydrogen-bond acceptors (Lipinski definition) is 5. The number of aryl methyl sites for hydroxylation is 2. The molecule has 1 aromatic carbocycles. The first-order valence-corrected chi connectivity index (χ1v) is 8.75. The summed E-state index contributed by atoms with van der Waals surface area (Å²) in [5.41, 5.74) is 2.40. The molecular formula is C18H20N4O2S. The lowest BCUT2D eigenvalue weighted by Crippen LogP contribution is -2.30. The van der Waals surface area contributed by atoms with Gasteiger partial charge in [0.25, 0.3) is 5.91 Å². The van der Waals surface area contributed by atoms with Crippen molar-refractivity contribution in [1.29, 1.82) is 0 Å². The molecular weight excluding hydrogens is 336 g/mol. The van der Waals surface area contributed by atoms with E-state index in [2.05, 4.69) is 15.2 Å². The highest BCUT2D eigenvalue weighted by molar-refractivity contribution is 7.11. The third-order valence-corrected chi connectivity index (χ3v) is 5.13. The second-order valence-electron chi connectivity index (χ2n) is 5.95. The number of phenols is 1.